The molecule has 3 aromatic rings. The second kappa shape index (κ2) is 8.05. The van der Waals surface area contributed by atoms with Crippen molar-refractivity contribution in [2.75, 3.05) is 16.9 Å². The van der Waals surface area contributed by atoms with Crippen molar-refractivity contribution < 1.29 is 14.1 Å². The van der Waals surface area contributed by atoms with Gasteiger partial charge in [0.25, 0.3) is 0 Å². The standard InChI is InChI=1S/C17H15FN6O3S/c1-10-2-4-11(5-3-10)16-21-22-17(23(16)19)28-9-15(25)20-12-6-7-13(18)14(8-12)24(26)27/h2-8H,9,19H2,1H3,(H,20,25). The highest BCUT2D eigenvalue weighted by Gasteiger charge is 2.17. The zero-order valence-corrected chi connectivity index (χ0v) is 15.4. The van der Waals surface area contributed by atoms with Crippen LogP contribution in [0.15, 0.2) is 47.6 Å². The number of hydrogen-bond acceptors (Lipinski definition) is 7. The topological polar surface area (TPSA) is 129 Å². The summed E-state index contributed by atoms with van der Waals surface area (Å²) in [5.74, 6) is 4.97. The number of nitro groups is 1. The highest BCUT2D eigenvalue weighted by molar-refractivity contribution is 7.99. The zero-order chi connectivity index (χ0) is 20.3. The molecular formula is C17H15FN6O3S. The van der Waals surface area contributed by atoms with Crippen molar-refractivity contribution in [2.24, 2.45) is 0 Å². The number of nitro benzene ring substituents is 1. The van der Waals surface area contributed by atoms with E-state index in [9.17, 15) is 19.3 Å². The average Bonchev–Trinajstić information content (AvgIpc) is 3.02. The monoisotopic (exact) mass is 402 g/mol. The van der Waals surface area contributed by atoms with Gasteiger partial charge in [0.1, 0.15) is 0 Å². The van der Waals surface area contributed by atoms with E-state index in [1.807, 2.05) is 31.2 Å². The summed E-state index contributed by atoms with van der Waals surface area (Å²) in [7, 11) is 0. The third kappa shape index (κ3) is 4.26. The Morgan fingerprint density at radius 1 is 1.29 bits per heavy atom. The number of amides is 1. The molecule has 2 aromatic carbocycles. The normalized spacial score (nSPS) is 10.6. The number of anilines is 1. The van der Waals surface area contributed by atoms with Crippen LogP contribution in [0.5, 0.6) is 0 Å². The first-order valence-corrected chi connectivity index (χ1v) is 8.98. The van der Waals surface area contributed by atoms with Crippen molar-refractivity contribution in [2.45, 2.75) is 12.1 Å². The van der Waals surface area contributed by atoms with E-state index in [2.05, 4.69) is 15.5 Å². The molecule has 0 radical (unpaired) electrons. The minimum atomic E-state index is -0.975. The number of nitrogens with one attached hydrogen (secondary N) is 1. The fourth-order valence-corrected chi connectivity index (χ4v) is 2.99. The molecule has 28 heavy (non-hydrogen) atoms. The largest absolute Gasteiger partial charge is 0.335 e. The Hall–Kier alpha value is -3.47. The molecule has 9 nitrogen and oxygen atoms in total. The lowest BCUT2D eigenvalue weighted by molar-refractivity contribution is -0.387. The molecule has 0 bridgehead atoms. The molecule has 0 fully saturated rings. The lowest BCUT2D eigenvalue weighted by Crippen LogP contribution is -2.16. The summed E-state index contributed by atoms with van der Waals surface area (Å²) in [6.07, 6.45) is 0. The maximum Gasteiger partial charge on any atom is 0.306 e. The zero-order valence-electron chi connectivity index (χ0n) is 14.6. The number of carbonyl (C=O) groups excluding carboxylic acids is 1. The number of nitrogens with two attached hydrogens (primary N) is 1. The molecule has 1 amide bonds. The van der Waals surface area contributed by atoms with Crippen LogP contribution in [0.2, 0.25) is 0 Å². The molecule has 0 saturated carbocycles. The van der Waals surface area contributed by atoms with Gasteiger partial charge in [-0.15, -0.1) is 10.2 Å². The van der Waals surface area contributed by atoms with Gasteiger partial charge in [-0.25, -0.2) is 4.68 Å². The summed E-state index contributed by atoms with van der Waals surface area (Å²) in [5, 5.41) is 21.6. The number of hydrogen-bond donors (Lipinski definition) is 2. The Labute approximate surface area is 162 Å². The number of nitrogen functional groups attached to an aromatic ring is 1. The van der Waals surface area contributed by atoms with Crippen LogP contribution in [-0.4, -0.2) is 31.5 Å². The fourth-order valence-electron chi connectivity index (χ4n) is 2.33. The second-order valence-corrected chi connectivity index (χ2v) is 6.74. The molecule has 3 N–H and O–H groups in total. The Kier molecular flexibility index (Phi) is 5.54. The van der Waals surface area contributed by atoms with Gasteiger partial charge in [-0.2, -0.15) is 4.39 Å². The number of nitrogens with zero attached hydrogens (tertiary/aromatic N) is 4. The van der Waals surface area contributed by atoms with Crippen molar-refractivity contribution in [3.05, 3.63) is 64.0 Å². The quantitative estimate of drug-likeness (QED) is 0.281. The van der Waals surface area contributed by atoms with E-state index in [0.29, 0.717) is 11.0 Å². The third-order valence-electron chi connectivity index (χ3n) is 3.73. The Bertz CT molecular complexity index is 1040. The number of halogens is 1. The van der Waals surface area contributed by atoms with Crippen LogP contribution >= 0.6 is 11.8 Å². The van der Waals surface area contributed by atoms with E-state index in [1.54, 1.807) is 0 Å². The number of aromatic nitrogens is 3. The van der Waals surface area contributed by atoms with Crippen LogP contribution in [-0.2, 0) is 4.79 Å². The molecular weight excluding hydrogens is 387 g/mol. The molecule has 144 valence electrons. The van der Waals surface area contributed by atoms with Gasteiger partial charge >= 0.3 is 5.69 Å². The number of aryl methyl sites for hydroxylation is 1. The molecule has 1 heterocycles. The molecule has 0 aliphatic heterocycles. The molecule has 0 saturated heterocycles. The van der Waals surface area contributed by atoms with E-state index in [1.165, 1.54) is 10.7 Å². The molecule has 0 unspecified atom stereocenters. The summed E-state index contributed by atoms with van der Waals surface area (Å²) in [6, 6.07) is 10.7. The number of benzene rings is 2. The van der Waals surface area contributed by atoms with Crippen LogP contribution in [0.25, 0.3) is 11.4 Å². The van der Waals surface area contributed by atoms with Crippen molar-refractivity contribution in [3.63, 3.8) is 0 Å². The van der Waals surface area contributed by atoms with Crippen molar-refractivity contribution in [3.8, 4) is 11.4 Å². The van der Waals surface area contributed by atoms with Gasteiger partial charge in [-0.1, -0.05) is 41.6 Å². The minimum Gasteiger partial charge on any atom is -0.335 e. The third-order valence-corrected chi connectivity index (χ3v) is 4.68. The van der Waals surface area contributed by atoms with Gasteiger partial charge in [0.05, 0.1) is 10.7 Å². The number of carbonyl (C=O) groups is 1. The van der Waals surface area contributed by atoms with Crippen molar-refractivity contribution >= 4 is 29.0 Å². The van der Waals surface area contributed by atoms with E-state index < -0.39 is 22.3 Å². The molecule has 0 aliphatic rings. The van der Waals surface area contributed by atoms with Gasteiger partial charge in [-0.3, -0.25) is 14.9 Å². The van der Waals surface area contributed by atoms with Crippen LogP contribution in [0, 0.1) is 22.9 Å². The van der Waals surface area contributed by atoms with Crippen LogP contribution in [0.3, 0.4) is 0 Å². The molecule has 3 rings (SSSR count). The average molecular weight is 402 g/mol. The predicted octanol–water partition coefficient (Wildman–Crippen LogP) is 2.75. The summed E-state index contributed by atoms with van der Waals surface area (Å²) in [5.41, 5.74) is 1.29. The first kappa shape index (κ1) is 19.3. The Balaban J connectivity index is 1.65. The first-order valence-electron chi connectivity index (χ1n) is 7.99. The van der Waals surface area contributed by atoms with Crippen LogP contribution in [0.4, 0.5) is 15.8 Å². The van der Waals surface area contributed by atoms with E-state index >= 15 is 0 Å². The van der Waals surface area contributed by atoms with Gasteiger partial charge < -0.3 is 11.2 Å². The minimum absolute atomic E-state index is 0.0611. The van der Waals surface area contributed by atoms with Gasteiger partial charge in [0.15, 0.2) is 5.82 Å². The fraction of sp³-hybridized carbons (Fsp3) is 0.118. The smallest absolute Gasteiger partial charge is 0.306 e. The lowest BCUT2D eigenvalue weighted by Gasteiger charge is -2.06. The van der Waals surface area contributed by atoms with E-state index in [0.717, 1.165) is 35.0 Å². The maximum atomic E-state index is 13.3. The molecule has 0 spiro atoms. The molecule has 11 heteroatoms. The van der Waals surface area contributed by atoms with Gasteiger partial charge in [-0.05, 0) is 19.1 Å². The number of thioether (sulfide) groups is 1. The Morgan fingerprint density at radius 3 is 2.68 bits per heavy atom. The van der Waals surface area contributed by atoms with Crippen LogP contribution in [0.1, 0.15) is 5.56 Å². The lowest BCUT2D eigenvalue weighted by atomic mass is 10.1. The molecule has 0 aliphatic carbocycles. The second-order valence-electron chi connectivity index (χ2n) is 5.80. The predicted molar refractivity (Wildman–Crippen MR) is 103 cm³/mol. The summed E-state index contributed by atoms with van der Waals surface area (Å²) >= 11 is 1.05. The molecule has 0 atom stereocenters. The van der Waals surface area contributed by atoms with Gasteiger partial charge in [0, 0.05) is 17.3 Å². The maximum absolute atomic E-state index is 13.3. The summed E-state index contributed by atoms with van der Waals surface area (Å²) in [4.78, 5) is 22.0. The summed E-state index contributed by atoms with van der Waals surface area (Å²) < 4.78 is 14.6. The number of rotatable bonds is 6. The van der Waals surface area contributed by atoms with Crippen LogP contribution < -0.4 is 11.2 Å². The van der Waals surface area contributed by atoms with E-state index in [-0.39, 0.29) is 11.4 Å². The SMILES string of the molecule is Cc1ccc(-c2nnc(SCC(=O)Nc3ccc(F)c([N+](=O)[O-])c3)n2N)cc1. The highest BCUT2D eigenvalue weighted by atomic mass is 32.2. The Morgan fingerprint density at radius 2 is 2.00 bits per heavy atom. The van der Waals surface area contributed by atoms with E-state index in [4.69, 9.17) is 5.84 Å². The first-order chi connectivity index (χ1) is 13.3. The van der Waals surface area contributed by atoms with Crippen molar-refractivity contribution in [1.29, 1.82) is 0 Å². The highest BCUT2D eigenvalue weighted by Crippen LogP contribution is 2.24. The van der Waals surface area contributed by atoms with Gasteiger partial charge in [0.2, 0.25) is 16.9 Å². The molecule has 1 aromatic heterocycles. The van der Waals surface area contributed by atoms with Crippen molar-refractivity contribution in [1.82, 2.24) is 14.9 Å². The summed E-state index contributed by atoms with van der Waals surface area (Å²) in [6.45, 7) is 1.96.